The minimum atomic E-state index is -2.33. The molecule has 1 aromatic carbocycles. The molecule has 0 spiro atoms. The Morgan fingerprint density at radius 1 is 1.10 bits per heavy atom. The van der Waals surface area contributed by atoms with Crippen molar-refractivity contribution in [2.24, 2.45) is 17.6 Å². The monoisotopic (exact) mass is 923 g/mol. The molecule has 2 aliphatic rings. The number of amides is 7. The van der Waals surface area contributed by atoms with Crippen LogP contribution in [-0.4, -0.2) is 163 Å². The number of phenolic OH excluding ortho intramolecular Hbond substituents is 1. The zero-order chi connectivity index (χ0) is 46.7. The van der Waals surface area contributed by atoms with Gasteiger partial charge in [0.2, 0.25) is 46.4 Å². The first-order chi connectivity index (χ1) is 29.8. The van der Waals surface area contributed by atoms with Gasteiger partial charge < -0.3 is 77.3 Å². The number of nitrogens with one attached hydrogen (secondary N) is 7. The van der Waals surface area contributed by atoms with Crippen molar-refractivity contribution in [2.45, 2.75) is 99.7 Å². The predicted molar refractivity (Wildman–Crippen MR) is 229 cm³/mol. The van der Waals surface area contributed by atoms with Gasteiger partial charge in [-0.25, -0.2) is 0 Å². The van der Waals surface area contributed by atoms with Crippen LogP contribution < -0.4 is 37.6 Å². The molecule has 13 N–H and O–H groups in total. The van der Waals surface area contributed by atoms with Gasteiger partial charge >= 0.3 is 0 Å². The molecule has 22 nitrogen and oxygen atoms in total. The van der Waals surface area contributed by atoms with Gasteiger partial charge in [-0.1, -0.05) is 27.2 Å². The second kappa shape index (κ2) is 23.1. The molecule has 3 heterocycles. The molecule has 1 aromatic heterocycles. The molecular formula is C39H57N9O13S2. The van der Waals surface area contributed by atoms with Gasteiger partial charge in [0.1, 0.15) is 42.0 Å². The Balaban J connectivity index is 1.94. The minimum absolute atomic E-state index is 0.0488. The first-order valence-corrected chi connectivity index (χ1v) is 22.3. The van der Waals surface area contributed by atoms with E-state index in [2.05, 4.69) is 49.5 Å². The van der Waals surface area contributed by atoms with E-state index < -0.39 is 139 Å². The van der Waals surface area contributed by atoms with Crippen molar-refractivity contribution in [3.05, 3.63) is 23.3 Å². The number of carbonyl (C=O) groups is 8. The second-order valence-electron chi connectivity index (χ2n) is 15.8. The summed E-state index contributed by atoms with van der Waals surface area (Å²) < 4.78 is 14.7. The van der Waals surface area contributed by atoms with Crippen molar-refractivity contribution in [3.63, 3.8) is 0 Å². The number of nitrogens with zero attached hydrogens (tertiary/aromatic N) is 1. The van der Waals surface area contributed by atoms with Crippen LogP contribution >= 0.6 is 12.6 Å². The van der Waals surface area contributed by atoms with Gasteiger partial charge in [-0.15, -0.1) is 0 Å². The van der Waals surface area contributed by atoms with E-state index >= 15 is 0 Å². The first-order valence-electron chi connectivity index (χ1n) is 20.4. The molecule has 10 atom stereocenters. The Morgan fingerprint density at radius 2 is 1.81 bits per heavy atom. The number of thiol groups is 1. The number of fused-ring (bicyclic) bond motifs is 4. The zero-order valence-electron chi connectivity index (χ0n) is 35.0. The van der Waals surface area contributed by atoms with Crippen LogP contribution in [0.25, 0.3) is 10.9 Å². The van der Waals surface area contributed by atoms with Gasteiger partial charge in [0.05, 0.1) is 37.4 Å². The van der Waals surface area contributed by atoms with Crippen molar-refractivity contribution >= 4 is 82.3 Å². The molecule has 0 radical (unpaired) electrons. The maximum Gasteiger partial charge on any atom is 0.248 e. The van der Waals surface area contributed by atoms with Gasteiger partial charge in [-0.3, -0.25) is 33.6 Å². The number of rotatable bonds is 15. The molecule has 63 heavy (non-hydrogen) atoms. The average molecular weight is 924 g/mol. The number of nitrogens with two attached hydrogens (primary N) is 1. The molecule has 0 bridgehead atoms. The molecule has 1 saturated heterocycles. The minimum Gasteiger partial charge on any atom is -0.610 e. The standard InChI is InChI=1S/C39H57N9O13S2/c1-4-18(2)11-41-13-31(55)43-26-17-63(61)38-22(21-5-6-28(52)23(16-62)33(21)47-38)10-25(34(56)42-12-30(40)54)45-37(59)32(19(3)29(53)15-50)46-36(58)27-9-20(51)14-48(27)39(60)24(7-8-49)44-35(26)57/h5-6,8,18-20,24-27,29,32,41,47,50-53,62H,4,7,9-17H2,1-3H3,(H2,40,54)(H,42,56)(H,43,55)(H,44,57)(H,45,59)(H,46,58). The molecule has 348 valence electrons. The van der Waals surface area contributed by atoms with E-state index in [1.54, 1.807) is 0 Å². The summed E-state index contributed by atoms with van der Waals surface area (Å²) >= 11 is 2.00. The molecule has 4 rings (SSSR count). The number of hydrogen-bond donors (Lipinski definition) is 13. The number of phenols is 1. The Hall–Kier alpha value is -4.98. The molecule has 2 aliphatic heterocycles. The van der Waals surface area contributed by atoms with Crippen LogP contribution in [0.5, 0.6) is 5.75 Å². The summed E-state index contributed by atoms with van der Waals surface area (Å²) in [6.45, 7) is 3.41. The number of aromatic amines is 1. The third-order valence-corrected chi connectivity index (χ3v) is 12.9. The normalized spacial score (nSPS) is 25.3. The van der Waals surface area contributed by atoms with Crippen molar-refractivity contribution in [1.29, 1.82) is 0 Å². The third-order valence-electron chi connectivity index (χ3n) is 11.1. The van der Waals surface area contributed by atoms with Gasteiger partial charge in [0.25, 0.3) is 0 Å². The molecule has 0 saturated carbocycles. The van der Waals surface area contributed by atoms with Gasteiger partial charge in [0, 0.05) is 65.2 Å². The molecule has 1 fully saturated rings. The summed E-state index contributed by atoms with van der Waals surface area (Å²) in [6, 6.07) is -5.47. The average Bonchev–Trinajstić information content (AvgIpc) is 3.82. The Bertz CT molecular complexity index is 2020. The lowest BCUT2D eigenvalue weighted by atomic mass is 9.93. The lowest BCUT2D eigenvalue weighted by Crippen LogP contribution is -2.61. The van der Waals surface area contributed by atoms with Crippen LogP contribution in [0.1, 0.15) is 51.2 Å². The molecule has 10 unspecified atom stereocenters. The second-order valence-corrected chi connectivity index (χ2v) is 17.5. The zero-order valence-corrected chi connectivity index (χ0v) is 36.8. The maximum atomic E-state index is 14.7. The lowest BCUT2D eigenvalue weighted by Gasteiger charge is -2.32. The highest BCUT2D eigenvalue weighted by Gasteiger charge is 2.45. The van der Waals surface area contributed by atoms with Crippen molar-refractivity contribution in [1.82, 2.24) is 41.8 Å². The molecule has 7 amide bonds. The number of benzene rings is 1. The van der Waals surface area contributed by atoms with Gasteiger partial charge in [-0.05, 0) is 24.6 Å². The van der Waals surface area contributed by atoms with Crippen molar-refractivity contribution in [2.75, 3.05) is 38.5 Å². The molecular weight excluding hydrogens is 867 g/mol. The summed E-state index contributed by atoms with van der Waals surface area (Å²) in [5.41, 5.74) is 5.84. The van der Waals surface area contributed by atoms with Crippen LogP contribution in [0, 0.1) is 11.8 Å². The smallest absolute Gasteiger partial charge is 0.248 e. The van der Waals surface area contributed by atoms with Crippen molar-refractivity contribution in [3.8, 4) is 5.75 Å². The number of primary amides is 1. The van der Waals surface area contributed by atoms with Crippen molar-refractivity contribution < 1.29 is 63.3 Å². The van der Waals surface area contributed by atoms with Gasteiger partial charge in [-0.2, -0.15) is 12.6 Å². The summed E-state index contributed by atoms with van der Waals surface area (Å²) in [4.78, 5) is 111. The lowest BCUT2D eigenvalue weighted by molar-refractivity contribution is -0.143. The predicted octanol–water partition coefficient (Wildman–Crippen LogP) is -4.32. The number of aliphatic hydroxyl groups is 3. The quantitative estimate of drug-likeness (QED) is 0.0457. The maximum absolute atomic E-state index is 14.7. The van der Waals surface area contributed by atoms with E-state index in [1.807, 2.05) is 13.8 Å². The van der Waals surface area contributed by atoms with E-state index in [-0.39, 0.29) is 57.4 Å². The van der Waals surface area contributed by atoms with E-state index in [4.69, 9.17) is 5.73 Å². The fourth-order valence-electron chi connectivity index (χ4n) is 7.28. The number of aliphatic hydroxyl groups excluding tert-OH is 3. The van der Waals surface area contributed by atoms with E-state index in [0.717, 1.165) is 11.3 Å². The Labute approximate surface area is 371 Å². The fraction of sp³-hybridized carbons (Fsp3) is 0.590. The summed E-state index contributed by atoms with van der Waals surface area (Å²) in [5, 5.41) is 57.3. The molecule has 24 heteroatoms. The van der Waals surface area contributed by atoms with Crippen LogP contribution in [0.2, 0.25) is 0 Å². The van der Waals surface area contributed by atoms with E-state index in [1.165, 1.54) is 19.1 Å². The summed E-state index contributed by atoms with van der Waals surface area (Å²) in [6.07, 6.45) is -3.27. The van der Waals surface area contributed by atoms with Gasteiger partial charge in [0.15, 0.2) is 6.04 Å². The van der Waals surface area contributed by atoms with Crippen LogP contribution in [0.3, 0.4) is 0 Å². The number of hydrogen-bond acceptors (Lipinski definition) is 15. The number of aromatic hydroxyl groups is 1. The highest BCUT2D eigenvalue weighted by molar-refractivity contribution is 7.91. The summed E-state index contributed by atoms with van der Waals surface area (Å²) in [5.74, 6) is -8.79. The highest BCUT2D eigenvalue weighted by atomic mass is 32.2. The molecule has 2 aromatic rings. The van der Waals surface area contributed by atoms with Crippen LogP contribution in [0.15, 0.2) is 17.2 Å². The number of H-pyrrole nitrogens is 1. The SMILES string of the molecule is CCC(C)CNCC(=O)NC1C[S+]([O-])c2[nH]c3c(CS)c(O)ccc3c2CC(C(=O)NCC(N)=O)NC(=O)C(C(C)C(O)CO)NC(=O)C2CC(O)CN2C(=O)C(CC=O)NC1=O. The number of aldehydes is 1. The third kappa shape index (κ3) is 12.8. The number of aromatic nitrogens is 1. The van der Waals surface area contributed by atoms with E-state index in [9.17, 15) is 63.3 Å². The topological polar surface area (TPSA) is 358 Å². The Morgan fingerprint density at radius 3 is 2.44 bits per heavy atom. The summed E-state index contributed by atoms with van der Waals surface area (Å²) in [7, 11) is 0. The number of carbonyl (C=O) groups excluding carboxylic acids is 8. The van der Waals surface area contributed by atoms with Crippen LogP contribution in [-0.2, 0) is 61.7 Å². The fourth-order valence-corrected chi connectivity index (χ4v) is 8.99. The molecule has 0 aliphatic carbocycles. The largest absolute Gasteiger partial charge is 0.610 e. The van der Waals surface area contributed by atoms with E-state index in [0.29, 0.717) is 12.8 Å². The van der Waals surface area contributed by atoms with Crippen LogP contribution in [0.4, 0.5) is 0 Å². The first kappa shape index (κ1) is 50.7. The highest BCUT2D eigenvalue weighted by Crippen LogP contribution is 2.35. The Kier molecular flexibility index (Phi) is 18.6.